The highest BCUT2D eigenvalue weighted by Gasteiger charge is 2.31. The molecule has 0 atom stereocenters. The van der Waals surface area contributed by atoms with Crippen LogP contribution in [0.1, 0.15) is 38.0 Å². The smallest absolute Gasteiger partial charge is 0.262 e. The highest BCUT2D eigenvalue weighted by molar-refractivity contribution is 6.23. The van der Waals surface area contributed by atoms with Crippen molar-refractivity contribution >= 4 is 23.5 Å². The second-order valence-corrected chi connectivity index (χ2v) is 5.18. The van der Waals surface area contributed by atoms with Gasteiger partial charge in [-0.25, -0.2) is 0 Å². The number of hydrogen-bond donors (Lipinski definition) is 3. The van der Waals surface area contributed by atoms with E-state index in [-0.39, 0.29) is 22.9 Å². The van der Waals surface area contributed by atoms with Crippen LogP contribution in [0.5, 0.6) is 0 Å². The topological polar surface area (TPSA) is 123 Å². The molecule has 0 unspecified atom stereocenters. The monoisotopic (exact) mass is 326 g/mol. The van der Waals surface area contributed by atoms with Gasteiger partial charge < -0.3 is 11.1 Å². The fraction of sp³-hybridized carbons (Fsp3) is 0.125. The molecular weight excluding hydrogens is 312 g/mol. The molecule has 0 saturated heterocycles. The zero-order chi connectivity index (χ0) is 17.4. The number of imide groups is 1. The maximum atomic E-state index is 12.4. The molecule has 0 bridgehead atoms. The van der Waals surface area contributed by atoms with Crippen molar-refractivity contribution in [2.75, 3.05) is 12.3 Å². The van der Waals surface area contributed by atoms with Crippen LogP contribution < -0.4 is 21.9 Å². The van der Waals surface area contributed by atoms with Gasteiger partial charge in [0, 0.05) is 18.2 Å². The van der Waals surface area contributed by atoms with Crippen molar-refractivity contribution in [1.82, 2.24) is 15.2 Å². The lowest BCUT2D eigenvalue weighted by molar-refractivity contribution is 0.0878. The second kappa shape index (κ2) is 5.65. The number of carbonyl (C=O) groups is 3. The van der Waals surface area contributed by atoms with Gasteiger partial charge >= 0.3 is 0 Å². The van der Waals surface area contributed by atoms with Gasteiger partial charge in [0.05, 0.1) is 16.8 Å². The third-order valence-electron chi connectivity index (χ3n) is 3.66. The van der Waals surface area contributed by atoms with Crippen molar-refractivity contribution in [3.05, 3.63) is 57.4 Å². The fourth-order valence-corrected chi connectivity index (χ4v) is 2.59. The normalized spacial score (nSPS) is 12.7. The highest BCUT2D eigenvalue weighted by atomic mass is 16.2. The predicted octanol–water partition coefficient (Wildman–Crippen LogP) is 0.0530. The molecule has 0 radical (unpaired) electrons. The molecule has 3 rings (SSSR count). The second-order valence-electron chi connectivity index (χ2n) is 5.18. The summed E-state index contributed by atoms with van der Waals surface area (Å²) in [5.74, 6) is -1.74. The Labute approximate surface area is 136 Å². The Hall–Kier alpha value is -3.42. The molecule has 0 spiro atoms. The Morgan fingerprint density at radius 3 is 2.67 bits per heavy atom. The lowest BCUT2D eigenvalue weighted by Crippen LogP contribution is -2.25. The van der Waals surface area contributed by atoms with Crippen molar-refractivity contribution in [3.63, 3.8) is 0 Å². The van der Waals surface area contributed by atoms with E-state index in [9.17, 15) is 19.2 Å². The molecule has 1 aliphatic heterocycles. The Morgan fingerprint density at radius 2 is 1.96 bits per heavy atom. The molecule has 0 fully saturated rings. The molecular formula is C16H14N4O4. The molecule has 24 heavy (non-hydrogen) atoms. The summed E-state index contributed by atoms with van der Waals surface area (Å²) in [4.78, 5) is 47.8. The van der Waals surface area contributed by atoms with E-state index in [0.29, 0.717) is 17.8 Å². The number of nitrogen functional groups attached to an aromatic ring is 1. The van der Waals surface area contributed by atoms with Gasteiger partial charge in [-0.15, -0.1) is 0 Å². The Balaban J connectivity index is 2.18. The summed E-state index contributed by atoms with van der Waals surface area (Å²) in [5.41, 5.74) is 5.99. The number of anilines is 1. The maximum absolute atomic E-state index is 12.4. The van der Waals surface area contributed by atoms with Gasteiger partial charge in [0.15, 0.2) is 0 Å². The predicted molar refractivity (Wildman–Crippen MR) is 86.3 cm³/mol. The number of nitrogens with two attached hydrogens (primary N) is 1. The summed E-state index contributed by atoms with van der Waals surface area (Å²) in [7, 11) is 0. The van der Waals surface area contributed by atoms with E-state index in [1.54, 1.807) is 25.1 Å². The van der Waals surface area contributed by atoms with E-state index in [2.05, 4.69) is 10.6 Å². The van der Waals surface area contributed by atoms with Gasteiger partial charge in [-0.05, 0) is 25.1 Å². The highest BCUT2D eigenvalue weighted by Crippen LogP contribution is 2.23. The molecule has 0 saturated carbocycles. The summed E-state index contributed by atoms with van der Waals surface area (Å²) >= 11 is 0. The Bertz CT molecular complexity index is 946. The average Bonchev–Trinajstić information content (AvgIpc) is 2.82. The van der Waals surface area contributed by atoms with Crippen LogP contribution in [0.2, 0.25) is 0 Å². The Kier molecular flexibility index (Phi) is 3.64. The maximum Gasteiger partial charge on any atom is 0.262 e. The number of fused-ring (bicyclic) bond motifs is 1. The largest absolute Gasteiger partial charge is 0.384 e. The number of nitrogens with zero attached hydrogens (tertiary/aromatic N) is 1. The molecule has 1 aliphatic rings. The molecule has 4 N–H and O–H groups in total. The lowest BCUT2D eigenvalue weighted by atomic mass is 10.1. The minimum absolute atomic E-state index is 0.0389. The summed E-state index contributed by atoms with van der Waals surface area (Å²) in [6, 6.07) is 7.33. The molecule has 1 aromatic carbocycles. The van der Waals surface area contributed by atoms with Crippen molar-refractivity contribution in [2.24, 2.45) is 0 Å². The van der Waals surface area contributed by atoms with Gasteiger partial charge in [0.25, 0.3) is 23.3 Å². The third kappa shape index (κ3) is 2.34. The van der Waals surface area contributed by atoms with Crippen LogP contribution in [0.3, 0.4) is 0 Å². The molecule has 1 aromatic heterocycles. The lowest BCUT2D eigenvalue weighted by Gasteiger charge is -2.13. The van der Waals surface area contributed by atoms with E-state index in [1.165, 1.54) is 6.07 Å². The number of rotatable bonds is 3. The van der Waals surface area contributed by atoms with E-state index in [4.69, 9.17) is 5.73 Å². The quantitative estimate of drug-likeness (QED) is 0.688. The number of aromatic nitrogens is 1. The molecule has 8 nitrogen and oxygen atoms in total. The summed E-state index contributed by atoms with van der Waals surface area (Å²) in [6.45, 7) is 2.26. The van der Waals surface area contributed by atoms with E-state index in [1.807, 2.05) is 0 Å². The first kappa shape index (κ1) is 15.5. The van der Waals surface area contributed by atoms with E-state index in [0.717, 1.165) is 10.6 Å². The minimum Gasteiger partial charge on any atom is -0.384 e. The van der Waals surface area contributed by atoms with Gasteiger partial charge in [-0.2, -0.15) is 0 Å². The first-order valence-electron chi connectivity index (χ1n) is 7.24. The van der Waals surface area contributed by atoms with Crippen molar-refractivity contribution in [2.45, 2.75) is 6.92 Å². The third-order valence-corrected chi connectivity index (χ3v) is 3.66. The standard InChI is InChI=1S/C16H14N4O4/c1-2-18-14(22)8-4-3-5-9(6-8)20-11(21)7-10-12(13(20)17)16(24)19-15(10)23/h3-7H,2,17H2,1H3,(H,18,22)(H,19,23,24). The van der Waals surface area contributed by atoms with E-state index < -0.39 is 17.4 Å². The molecule has 2 heterocycles. The molecule has 122 valence electrons. The van der Waals surface area contributed by atoms with E-state index >= 15 is 0 Å². The van der Waals surface area contributed by atoms with Crippen molar-refractivity contribution in [1.29, 1.82) is 0 Å². The van der Waals surface area contributed by atoms with Crippen LogP contribution in [-0.2, 0) is 0 Å². The van der Waals surface area contributed by atoms with Crippen LogP contribution in [-0.4, -0.2) is 28.8 Å². The number of amides is 3. The van der Waals surface area contributed by atoms with Gasteiger partial charge in [0.1, 0.15) is 5.82 Å². The van der Waals surface area contributed by atoms with Crippen LogP contribution in [0.4, 0.5) is 5.82 Å². The van der Waals surface area contributed by atoms with Gasteiger partial charge in [-0.1, -0.05) is 6.07 Å². The number of carbonyl (C=O) groups excluding carboxylic acids is 3. The zero-order valence-corrected chi connectivity index (χ0v) is 12.8. The van der Waals surface area contributed by atoms with Crippen molar-refractivity contribution < 1.29 is 14.4 Å². The summed E-state index contributed by atoms with van der Waals surface area (Å²) < 4.78 is 1.10. The van der Waals surface area contributed by atoms with Crippen LogP contribution in [0, 0.1) is 0 Å². The van der Waals surface area contributed by atoms with Gasteiger partial charge in [0.2, 0.25) is 0 Å². The molecule has 8 heteroatoms. The SMILES string of the molecule is CCNC(=O)c1cccc(-n2c(N)c3c(cc2=O)C(=O)NC3=O)c1. The zero-order valence-electron chi connectivity index (χ0n) is 12.8. The van der Waals surface area contributed by atoms with Gasteiger partial charge in [-0.3, -0.25) is 29.1 Å². The number of pyridine rings is 1. The summed E-state index contributed by atoms with van der Waals surface area (Å²) in [6.07, 6.45) is 0. The van der Waals surface area contributed by atoms with Crippen molar-refractivity contribution in [3.8, 4) is 5.69 Å². The van der Waals surface area contributed by atoms with Crippen LogP contribution in [0.25, 0.3) is 5.69 Å². The number of hydrogen-bond acceptors (Lipinski definition) is 5. The molecule has 0 aliphatic carbocycles. The van der Waals surface area contributed by atoms with Crippen LogP contribution in [0.15, 0.2) is 35.1 Å². The number of nitrogens with one attached hydrogen (secondary N) is 2. The average molecular weight is 326 g/mol. The first-order valence-corrected chi connectivity index (χ1v) is 7.24. The molecule has 3 amide bonds. The fourth-order valence-electron chi connectivity index (χ4n) is 2.59. The van der Waals surface area contributed by atoms with Crippen LogP contribution >= 0.6 is 0 Å². The summed E-state index contributed by atoms with van der Waals surface area (Å²) in [5, 5.41) is 4.76. The Morgan fingerprint density at radius 1 is 1.21 bits per heavy atom. The number of benzene rings is 1. The first-order chi connectivity index (χ1) is 11.4. The minimum atomic E-state index is -0.652. The molecule has 2 aromatic rings.